The minimum Gasteiger partial charge on any atom is -0.364 e. The Morgan fingerprint density at radius 1 is 1.00 bits per heavy atom. The second kappa shape index (κ2) is 12.4. The molecule has 2 N–H and O–H groups in total. The summed E-state index contributed by atoms with van der Waals surface area (Å²) in [5, 5.41) is -0.0958. The van der Waals surface area contributed by atoms with E-state index < -0.39 is 30.3 Å². The number of primary amides is 1. The van der Waals surface area contributed by atoms with Crippen molar-refractivity contribution in [3.63, 3.8) is 0 Å². The van der Waals surface area contributed by atoms with Crippen molar-refractivity contribution in [3.8, 4) is 0 Å². The molecule has 0 saturated carbocycles. The molecule has 0 heterocycles. The van der Waals surface area contributed by atoms with E-state index in [1.807, 2.05) is 0 Å². The third-order valence-corrected chi connectivity index (χ3v) is 6.03. The molecular weight excluding hydrogens is 617 g/mol. The Hall–Kier alpha value is -1.82. The Balaban J connectivity index is 0.000000579. The second-order valence-electron chi connectivity index (χ2n) is 6.76. The maximum absolute atomic E-state index is 13.5. The molecule has 0 aromatic heterocycles. The lowest BCUT2D eigenvalue weighted by atomic mass is 9.97. The minimum absolute atomic E-state index is 0.00531. The molecule has 1 unspecified atom stereocenters. The molecule has 0 spiro atoms. The van der Waals surface area contributed by atoms with E-state index in [0.29, 0.717) is 15.6 Å². The number of alkyl halides is 7. The third-order valence-electron chi connectivity index (χ3n) is 4.17. The molecule has 0 saturated heterocycles. The number of benzene rings is 2. The van der Waals surface area contributed by atoms with Gasteiger partial charge in [0.15, 0.2) is 5.78 Å². The third kappa shape index (κ3) is 8.66. The van der Waals surface area contributed by atoms with Gasteiger partial charge in [-0.25, -0.2) is 8.78 Å². The number of Topliss-reactive ketones (excluding diaryl/α,β-unsaturated/α-hetero) is 1. The molecule has 192 valence electrons. The van der Waals surface area contributed by atoms with Crippen molar-refractivity contribution < 1.29 is 40.3 Å². The topological polar surface area (TPSA) is 60.2 Å². The van der Waals surface area contributed by atoms with E-state index >= 15 is 0 Å². The monoisotopic (exact) mass is 629 g/mol. The second-order valence-corrected chi connectivity index (χ2v) is 8.81. The van der Waals surface area contributed by atoms with E-state index in [9.17, 15) is 40.3 Å². The van der Waals surface area contributed by atoms with Crippen LogP contribution in [0.1, 0.15) is 34.3 Å². The lowest BCUT2D eigenvalue weighted by Gasteiger charge is -2.18. The fraction of sp³-hybridized carbons (Fsp3) is 0.238. The largest absolute Gasteiger partial charge is 0.399 e. The molecule has 0 aliphatic rings. The Morgan fingerprint density at radius 2 is 1.51 bits per heavy atom. The lowest BCUT2D eigenvalue weighted by molar-refractivity contribution is -0.165. The van der Waals surface area contributed by atoms with Gasteiger partial charge in [-0.15, -0.1) is 0 Å². The van der Waals surface area contributed by atoms with Crippen molar-refractivity contribution in [1.29, 1.82) is 0 Å². The lowest BCUT2D eigenvalue weighted by Crippen LogP contribution is -2.41. The summed E-state index contributed by atoms with van der Waals surface area (Å²) >= 11 is 20.7. The van der Waals surface area contributed by atoms with E-state index in [1.165, 1.54) is 13.0 Å². The zero-order valence-electron chi connectivity index (χ0n) is 17.2. The van der Waals surface area contributed by atoms with Crippen molar-refractivity contribution >= 4 is 68.5 Å². The number of carbonyl (C=O) groups excluding carboxylic acids is 2. The Bertz CT molecular complexity index is 1100. The van der Waals surface area contributed by atoms with Crippen LogP contribution in [0.15, 0.2) is 40.9 Å². The van der Waals surface area contributed by atoms with Crippen LogP contribution in [0.2, 0.25) is 15.1 Å². The predicted octanol–water partition coefficient (Wildman–Crippen LogP) is 8.34. The number of allylic oxidation sites excluding steroid dienone is 1. The van der Waals surface area contributed by atoms with Crippen LogP contribution >= 0.6 is 50.7 Å². The first kappa shape index (κ1) is 31.2. The summed E-state index contributed by atoms with van der Waals surface area (Å²) in [5.41, 5.74) is 4.74. The van der Waals surface area contributed by atoms with Crippen LogP contribution in [0.3, 0.4) is 0 Å². The van der Waals surface area contributed by atoms with Gasteiger partial charge in [-0.3, -0.25) is 9.59 Å². The number of rotatable bonds is 6. The zero-order chi connectivity index (χ0) is 27.3. The summed E-state index contributed by atoms with van der Waals surface area (Å²) in [6.45, 7) is 1.41. The molecule has 3 nitrogen and oxygen atoms in total. The highest BCUT2D eigenvalue weighted by Gasteiger charge is 2.47. The predicted molar refractivity (Wildman–Crippen MR) is 124 cm³/mol. The SMILES string of the molecule is CC(=O)c1ccc(/C=C/C(c2cc(Cl)c(Cl)c(Cl)c2)C(F)(F)F)cc1Br.NC(=O)C(F)(F)C(F)F. The van der Waals surface area contributed by atoms with Gasteiger partial charge in [0.25, 0.3) is 5.91 Å². The van der Waals surface area contributed by atoms with Crippen LogP contribution in [0.4, 0.5) is 30.7 Å². The van der Waals surface area contributed by atoms with Gasteiger partial charge in [0.2, 0.25) is 0 Å². The van der Waals surface area contributed by atoms with Crippen LogP contribution in [-0.4, -0.2) is 30.2 Å². The molecule has 2 aromatic rings. The average Bonchev–Trinajstić information content (AvgIpc) is 2.71. The summed E-state index contributed by atoms with van der Waals surface area (Å²) < 4.78 is 85.9. The maximum atomic E-state index is 13.5. The molecule has 14 heteroatoms. The van der Waals surface area contributed by atoms with Gasteiger partial charge in [-0.1, -0.05) is 69.0 Å². The number of halogens is 11. The fourth-order valence-corrected chi connectivity index (χ4v) is 3.69. The summed E-state index contributed by atoms with van der Waals surface area (Å²) in [6.07, 6.45) is -6.24. The van der Waals surface area contributed by atoms with Crippen LogP contribution < -0.4 is 5.73 Å². The first-order valence-corrected chi connectivity index (χ1v) is 11.0. The summed E-state index contributed by atoms with van der Waals surface area (Å²) in [6, 6.07) is 6.97. The molecule has 0 bridgehead atoms. The highest BCUT2D eigenvalue weighted by Crippen LogP contribution is 2.41. The number of ketones is 1. The Morgan fingerprint density at radius 3 is 1.86 bits per heavy atom. The number of amides is 1. The molecular formula is C21H14BrCl3F7NO2. The molecule has 0 aliphatic carbocycles. The number of hydrogen-bond acceptors (Lipinski definition) is 2. The van der Waals surface area contributed by atoms with Crippen LogP contribution in [-0.2, 0) is 4.79 Å². The highest BCUT2D eigenvalue weighted by atomic mass is 79.9. The van der Waals surface area contributed by atoms with Gasteiger partial charge in [-0.05, 0) is 42.3 Å². The first-order chi connectivity index (χ1) is 15.9. The summed E-state index contributed by atoms with van der Waals surface area (Å²) in [4.78, 5) is 20.9. The van der Waals surface area contributed by atoms with Crippen LogP contribution in [0.25, 0.3) is 6.08 Å². The number of nitrogens with two attached hydrogens (primary N) is 1. The van der Waals surface area contributed by atoms with Crippen molar-refractivity contribution in [2.45, 2.75) is 31.4 Å². The quantitative estimate of drug-likeness (QED) is 0.198. The Kier molecular flexibility index (Phi) is 11.1. The molecule has 2 aromatic carbocycles. The smallest absolute Gasteiger partial charge is 0.364 e. The van der Waals surface area contributed by atoms with E-state index in [1.54, 1.807) is 18.2 Å². The van der Waals surface area contributed by atoms with E-state index in [2.05, 4.69) is 21.7 Å². The zero-order valence-corrected chi connectivity index (χ0v) is 21.1. The summed E-state index contributed by atoms with van der Waals surface area (Å²) in [7, 11) is 0. The molecule has 0 radical (unpaired) electrons. The molecule has 0 fully saturated rings. The van der Waals surface area contributed by atoms with Crippen molar-refractivity contribution in [3.05, 3.63) is 72.6 Å². The molecule has 1 atom stereocenters. The van der Waals surface area contributed by atoms with Crippen molar-refractivity contribution in [2.75, 3.05) is 0 Å². The van der Waals surface area contributed by atoms with E-state index in [-0.39, 0.29) is 26.4 Å². The molecule has 0 aliphatic heterocycles. The summed E-state index contributed by atoms with van der Waals surface area (Å²) in [5.74, 6) is -9.07. The highest BCUT2D eigenvalue weighted by molar-refractivity contribution is 9.10. The molecule has 2 rings (SSSR count). The fourth-order valence-electron chi connectivity index (χ4n) is 2.40. The number of hydrogen-bond donors (Lipinski definition) is 1. The van der Waals surface area contributed by atoms with Gasteiger partial charge in [-0.2, -0.15) is 22.0 Å². The van der Waals surface area contributed by atoms with Crippen molar-refractivity contribution in [1.82, 2.24) is 0 Å². The normalized spacial score (nSPS) is 12.9. The van der Waals surface area contributed by atoms with Crippen LogP contribution in [0.5, 0.6) is 0 Å². The van der Waals surface area contributed by atoms with E-state index in [0.717, 1.165) is 18.2 Å². The minimum atomic E-state index is -4.69. The molecule has 1 amide bonds. The number of carbonyl (C=O) groups is 2. The van der Waals surface area contributed by atoms with Crippen molar-refractivity contribution in [2.24, 2.45) is 5.73 Å². The van der Waals surface area contributed by atoms with Gasteiger partial charge >= 0.3 is 18.5 Å². The van der Waals surface area contributed by atoms with Gasteiger partial charge in [0.1, 0.15) is 0 Å². The van der Waals surface area contributed by atoms with Gasteiger partial charge in [0.05, 0.1) is 21.0 Å². The standard InChI is InChI=1S/C18H11BrCl3F3O.C3H3F4NO/c1-9(26)12-4-2-10(6-14(12)19)3-5-13(18(23,24)25)11-7-15(20)17(22)16(21)8-11;4-1(5)3(6,7)2(8)9/h2-8,13H,1H3;1H,(H2,8,9)/b5-3+;. The Labute approximate surface area is 218 Å². The van der Waals surface area contributed by atoms with E-state index in [4.69, 9.17) is 34.8 Å². The van der Waals surface area contributed by atoms with Gasteiger partial charge in [0, 0.05) is 10.0 Å². The maximum Gasteiger partial charge on any atom is 0.399 e. The first-order valence-electron chi connectivity index (χ1n) is 9.05. The average molecular weight is 632 g/mol. The van der Waals surface area contributed by atoms with Crippen LogP contribution in [0, 0.1) is 0 Å². The van der Waals surface area contributed by atoms with Gasteiger partial charge < -0.3 is 5.73 Å². The molecule has 35 heavy (non-hydrogen) atoms.